The van der Waals surface area contributed by atoms with Crippen molar-refractivity contribution in [3.05, 3.63) is 35.4 Å². The zero-order valence-corrected chi connectivity index (χ0v) is 15.7. The van der Waals surface area contributed by atoms with Crippen LogP contribution in [-0.2, 0) is 20.6 Å². The van der Waals surface area contributed by atoms with E-state index in [1.165, 1.54) is 4.31 Å². The van der Waals surface area contributed by atoms with Gasteiger partial charge in [-0.1, -0.05) is 43.7 Å². The van der Waals surface area contributed by atoms with E-state index in [0.29, 0.717) is 26.2 Å². The number of hydrogen-bond acceptors (Lipinski definition) is 3. The van der Waals surface area contributed by atoms with Crippen molar-refractivity contribution in [3.8, 4) is 0 Å². The maximum absolute atomic E-state index is 12.6. The molecule has 0 spiro atoms. The summed E-state index contributed by atoms with van der Waals surface area (Å²) in [5.74, 6) is 0.240. The first-order chi connectivity index (χ1) is 11.4. The Morgan fingerprint density at radius 1 is 1.04 bits per heavy atom. The molecule has 1 aromatic carbocycles. The topological polar surface area (TPSA) is 57.7 Å². The van der Waals surface area contributed by atoms with E-state index in [0.717, 1.165) is 24.0 Å². The summed E-state index contributed by atoms with van der Waals surface area (Å²) in [7, 11) is -3.33. The van der Waals surface area contributed by atoms with Gasteiger partial charge >= 0.3 is 0 Å². The number of benzene rings is 1. The molecule has 0 aromatic heterocycles. The molecule has 1 aromatic rings. The molecular weight excluding hydrogens is 324 g/mol. The number of nitrogens with zero attached hydrogens (tertiary/aromatic N) is 2. The number of amides is 1. The first-order valence-electron chi connectivity index (χ1n) is 8.69. The summed E-state index contributed by atoms with van der Waals surface area (Å²) < 4.78 is 26.7. The second kappa shape index (κ2) is 8.12. The molecule has 1 aliphatic heterocycles. The first kappa shape index (κ1) is 18.9. The van der Waals surface area contributed by atoms with Crippen LogP contribution in [0.1, 0.15) is 37.8 Å². The van der Waals surface area contributed by atoms with E-state index in [9.17, 15) is 13.2 Å². The predicted molar refractivity (Wildman–Crippen MR) is 96.0 cm³/mol. The van der Waals surface area contributed by atoms with Gasteiger partial charge in [-0.15, -0.1) is 0 Å². The van der Waals surface area contributed by atoms with E-state index in [2.05, 4.69) is 0 Å². The number of hydrogen-bond donors (Lipinski definition) is 0. The predicted octanol–water partition coefficient (Wildman–Crippen LogP) is 2.41. The van der Waals surface area contributed by atoms with Crippen LogP contribution in [0.25, 0.3) is 0 Å². The Morgan fingerprint density at radius 3 is 2.08 bits per heavy atom. The molecule has 1 aliphatic rings. The number of aryl methyl sites for hydroxylation is 1. The van der Waals surface area contributed by atoms with Crippen molar-refractivity contribution in [2.45, 2.75) is 39.4 Å². The fourth-order valence-corrected chi connectivity index (χ4v) is 4.58. The van der Waals surface area contributed by atoms with Gasteiger partial charge in [0.05, 0.1) is 5.75 Å². The maximum Gasteiger partial charge on any atom is 0.225 e. The van der Waals surface area contributed by atoms with Gasteiger partial charge in [-0.25, -0.2) is 8.42 Å². The molecule has 0 bridgehead atoms. The molecule has 134 valence electrons. The maximum atomic E-state index is 12.6. The van der Waals surface area contributed by atoms with Crippen LogP contribution in [0.4, 0.5) is 0 Å². The number of sulfonamides is 1. The third-order valence-corrected chi connectivity index (χ3v) is 6.60. The highest BCUT2D eigenvalue weighted by atomic mass is 32.2. The van der Waals surface area contributed by atoms with Gasteiger partial charge in [-0.3, -0.25) is 4.79 Å². The van der Waals surface area contributed by atoms with Crippen LogP contribution in [0.5, 0.6) is 0 Å². The van der Waals surface area contributed by atoms with Gasteiger partial charge in [0.1, 0.15) is 0 Å². The third-order valence-electron chi connectivity index (χ3n) is 4.75. The molecule has 0 saturated carbocycles. The highest BCUT2D eigenvalue weighted by Gasteiger charge is 2.30. The van der Waals surface area contributed by atoms with Crippen LogP contribution in [0.3, 0.4) is 0 Å². The molecular formula is C18H28N2O3S. The second-order valence-corrected chi connectivity index (χ2v) is 8.45. The van der Waals surface area contributed by atoms with Crippen LogP contribution in [0, 0.1) is 12.8 Å². The summed E-state index contributed by atoms with van der Waals surface area (Å²) in [6.07, 6.45) is 1.67. The summed E-state index contributed by atoms with van der Waals surface area (Å²) in [6, 6.07) is 7.58. The highest BCUT2D eigenvalue weighted by molar-refractivity contribution is 7.88. The van der Waals surface area contributed by atoms with Crippen molar-refractivity contribution in [3.63, 3.8) is 0 Å². The van der Waals surface area contributed by atoms with Gasteiger partial charge in [0, 0.05) is 32.1 Å². The van der Waals surface area contributed by atoms with Gasteiger partial charge in [-0.05, 0) is 25.3 Å². The van der Waals surface area contributed by atoms with Crippen molar-refractivity contribution < 1.29 is 13.2 Å². The lowest BCUT2D eigenvalue weighted by Crippen LogP contribution is -2.52. The number of rotatable bonds is 6. The normalized spacial score (nSPS) is 16.6. The van der Waals surface area contributed by atoms with Gasteiger partial charge in [0.2, 0.25) is 15.9 Å². The Morgan fingerprint density at radius 2 is 1.58 bits per heavy atom. The van der Waals surface area contributed by atoms with E-state index in [1.54, 1.807) is 0 Å². The fourth-order valence-electron chi connectivity index (χ4n) is 3.07. The molecule has 24 heavy (non-hydrogen) atoms. The molecule has 1 saturated heterocycles. The van der Waals surface area contributed by atoms with Crippen molar-refractivity contribution in [1.29, 1.82) is 0 Å². The lowest BCUT2D eigenvalue weighted by atomic mass is 10.0. The van der Waals surface area contributed by atoms with Crippen LogP contribution < -0.4 is 0 Å². The zero-order valence-electron chi connectivity index (χ0n) is 14.9. The Kier molecular flexibility index (Phi) is 6.40. The van der Waals surface area contributed by atoms with Gasteiger partial charge in [0.25, 0.3) is 0 Å². The summed E-state index contributed by atoms with van der Waals surface area (Å²) in [5.41, 5.74) is 1.92. The molecule has 0 atom stereocenters. The minimum absolute atomic E-state index is 0.0216. The molecule has 5 nitrogen and oxygen atoms in total. The highest BCUT2D eigenvalue weighted by Crippen LogP contribution is 2.17. The third kappa shape index (κ3) is 4.57. The quantitative estimate of drug-likeness (QED) is 0.790. The number of carbonyl (C=O) groups is 1. The van der Waals surface area contributed by atoms with Crippen LogP contribution >= 0.6 is 0 Å². The summed E-state index contributed by atoms with van der Waals surface area (Å²) in [4.78, 5) is 14.2. The molecule has 0 N–H and O–H groups in total. The molecule has 2 rings (SSSR count). The van der Waals surface area contributed by atoms with Gasteiger partial charge in [-0.2, -0.15) is 4.31 Å². The van der Waals surface area contributed by atoms with Crippen LogP contribution in [-0.4, -0.2) is 49.7 Å². The molecule has 0 radical (unpaired) electrons. The molecule has 6 heteroatoms. The van der Waals surface area contributed by atoms with E-state index in [1.807, 2.05) is 49.9 Å². The molecule has 1 amide bonds. The van der Waals surface area contributed by atoms with E-state index in [4.69, 9.17) is 0 Å². The van der Waals surface area contributed by atoms with Crippen molar-refractivity contribution >= 4 is 15.9 Å². The van der Waals surface area contributed by atoms with Crippen molar-refractivity contribution in [2.24, 2.45) is 5.92 Å². The largest absolute Gasteiger partial charge is 0.340 e. The monoisotopic (exact) mass is 352 g/mol. The lowest BCUT2D eigenvalue weighted by Gasteiger charge is -2.35. The summed E-state index contributed by atoms with van der Waals surface area (Å²) >= 11 is 0. The average molecular weight is 353 g/mol. The van der Waals surface area contributed by atoms with Gasteiger partial charge in [0.15, 0.2) is 0 Å². The van der Waals surface area contributed by atoms with Crippen LogP contribution in [0.2, 0.25) is 0 Å². The Balaban J connectivity index is 1.95. The van der Waals surface area contributed by atoms with E-state index in [-0.39, 0.29) is 17.6 Å². The average Bonchev–Trinajstić information content (AvgIpc) is 2.58. The second-order valence-electron chi connectivity index (χ2n) is 6.48. The minimum atomic E-state index is -3.33. The lowest BCUT2D eigenvalue weighted by molar-refractivity contribution is -0.136. The zero-order chi connectivity index (χ0) is 17.7. The van der Waals surface area contributed by atoms with Gasteiger partial charge < -0.3 is 4.90 Å². The van der Waals surface area contributed by atoms with Crippen molar-refractivity contribution in [2.75, 3.05) is 26.2 Å². The Labute approximate surface area is 145 Å². The van der Waals surface area contributed by atoms with Crippen LogP contribution in [0.15, 0.2) is 24.3 Å². The van der Waals surface area contributed by atoms with E-state index >= 15 is 0 Å². The first-order valence-corrected chi connectivity index (χ1v) is 10.3. The Hall–Kier alpha value is -1.40. The number of piperazine rings is 1. The smallest absolute Gasteiger partial charge is 0.225 e. The summed E-state index contributed by atoms with van der Waals surface area (Å²) in [5, 5.41) is 0. The fraction of sp³-hybridized carbons (Fsp3) is 0.611. The molecule has 0 unspecified atom stereocenters. The van der Waals surface area contributed by atoms with E-state index < -0.39 is 10.0 Å². The molecule has 1 fully saturated rings. The standard InChI is InChI=1S/C18H28N2O3S/c1-4-17(5-2)18(21)19-10-12-20(13-11-19)24(22,23)14-16-8-6-15(3)7-9-16/h6-9,17H,4-5,10-14H2,1-3H3. The molecule has 1 heterocycles. The van der Waals surface area contributed by atoms with Crippen molar-refractivity contribution in [1.82, 2.24) is 9.21 Å². The Bertz CT molecular complexity index is 643. The SMILES string of the molecule is CCC(CC)C(=O)N1CCN(S(=O)(=O)Cc2ccc(C)cc2)CC1. The molecule has 0 aliphatic carbocycles. The minimum Gasteiger partial charge on any atom is -0.340 e. The number of carbonyl (C=O) groups excluding carboxylic acids is 1. The summed E-state index contributed by atoms with van der Waals surface area (Å²) in [6.45, 7) is 7.78.